The van der Waals surface area contributed by atoms with E-state index in [1.807, 2.05) is 0 Å². The highest BCUT2D eigenvalue weighted by Gasteiger charge is 2.13. The highest BCUT2D eigenvalue weighted by atomic mass is 19.3. The third-order valence-electron chi connectivity index (χ3n) is 1.02. The van der Waals surface area contributed by atoms with Crippen molar-refractivity contribution in [3.63, 3.8) is 0 Å². The lowest BCUT2D eigenvalue weighted by molar-refractivity contribution is 0.0386. The minimum Gasteiger partial charge on any atom is -0.461 e. The lowest BCUT2D eigenvalue weighted by Gasteiger charge is -2.10. The van der Waals surface area contributed by atoms with Crippen molar-refractivity contribution in [2.45, 2.75) is 12.5 Å². The van der Waals surface area contributed by atoms with Gasteiger partial charge in [0.15, 0.2) is 0 Å². The molecule has 0 aromatic heterocycles. The van der Waals surface area contributed by atoms with Crippen molar-refractivity contribution in [2.75, 3.05) is 6.67 Å². The summed E-state index contributed by atoms with van der Waals surface area (Å²) in [5, 5.41) is 0. The third-order valence-corrected chi connectivity index (χ3v) is 1.02. The van der Waals surface area contributed by atoms with Crippen LogP contribution in [-0.4, -0.2) is 12.8 Å². The number of hydrogen-bond acceptors (Lipinski definition) is 1. The van der Waals surface area contributed by atoms with Gasteiger partial charge in [-0.15, -0.1) is 6.58 Å². The van der Waals surface area contributed by atoms with Crippen LogP contribution in [-0.2, 0) is 4.74 Å². The molecule has 0 fully saturated rings. The average molecular weight is 184 g/mol. The summed E-state index contributed by atoms with van der Waals surface area (Å²) in [7, 11) is 0. The molecule has 0 heterocycles. The minimum atomic E-state index is -2.59. The van der Waals surface area contributed by atoms with E-state index in [0.717, 1.165) is 0 Å². The molecule has 0 radical (unpaired) electrons. The Morgan fingerprint density at radius 3 is 2.33 bits per heavy atom. The normalized spacial score (nSPS) is 12.0. The molecular formula is C7H8F4O. The molecule has 5 heteroatoms. The van der Waals surface area contributed by atoms with Crippen LogP contribution in [0.25, 0.3) is 0 Å². The lowest BCUT2D eigenvalue weighted by atomic mass is 10.3. The highest BCUT2D eigenvalue weighted by Crippen LogP contribution is 2.14. The Morgan fingerprint density at radius 1 is 1.42 bits per heavy atom. The molecule has 0 aromatic rings. The first-order chi connectivity index (χ1) is 5.61. The number of hydrogen-bond donors (Lipinski definition) is 0. The van der Waals surface area contributed by atoms with Crippen LogP contribution in [0.2, 0.25) is 0 Å². The van der Waals surface area contributed by atoms with E-state index in [1.54, 1.807) is 0 Å². The first-order valence-corrected chi connectivity index (χ1v) is 3.16. The van der Waals surface area contributed by atoms with Gasteiger partial charge in [0.2, 0.25) is 0 Å². The number of ether oxygens (including phenoxy) is 1. The molecule has 1 nitrogen and oxygen atoms in total. The van der Waals surface area contributed by atoms with Crippen LogP contribution in [0.5, 0.6) is 0 Å². The maximum atomic E-state index is 12.0. The lowest BCUT2D eigenvalue weighted by Crippen LogP contribution is -2.12. The van der Waals surface area contributed by atoms with Crippen LogP contribution in [0.1, 0.15) is 6.42 Å². The predicted octanol–water partition coefficient (Wildman–Crippen LogP) is 2.95. The molecule has 0 spiro atoms. The van der Waals surface area contributed by atoms with Crippen molar-refractivity contribution in [3.8, 4) is 0 Å². The summed E-state index contributed by atoms with van der Waals surface area (Å²) in [4.78, 5) is 0. The summed E-state index contributed by atoms with van der Waals surface area (Å²) in [6, 6.07) is -2.03. The van der Waals surface area contributed by atoms with Gasteiger partial charge in [0, 0.05) is 6.42 Å². The predicted molar refractivity (Wildman–Crippen MR) is 36.0 cm³/mol. The van der Waals surface area contributed by atoms with Crippen LogP contribution < -0.4 is 0 Å². The van der Waals surface area contributed by atoms with Gasteiger partial charge in [-0.05, 0) is 0 Å². The van der Waals surface area contributed by atoms with E-state index in [9.17, 15) is 17.6 Å². The molecule has 0 aromatic carbocycles. The molecule has 1 atom stereocenters. The molecule has 0 saturated carbocycles. The first-order valence-electron chi connectivity index (χ1n) is 3.16. The summed E-state index contributed by atoms with van der Waals surface area (Å²) < 4.78 is 50.6. The average Bonchev–Trinajstić information content (AvgIpc) is 2.03. The molecule has 0 N–H and O–H groups in total. The van der Waals surface area contributed by atoms with Crippen LogP contribution in [0.3, 0.4) is 0 Å². The molecule has 0 aliphatic rings. The van der Waals surface area contributed by atoms with Gasteiger partial charge in [0.25, 0.3) is 0 Å². The number of alkyl halides is 1. The van der Waals surface area contributed by atoms with Gasteiger partial charge in [-0.25, -0.2) is 4.39 Å². The molecule has 0 aliphatic carbocycles. The van der Waals surface area contributed by atoms with E-state index in [2.05, 4.69) is 11.3 Å². The summed E-state index contributed by atoms with van der Waals surface area (Å²) in [6.07, 6.45) is -2.56. The van der Waals surface area contributed by atoms with E-state index < -0.39 is 24.9 Å². The Kier molecular flexibility index (Phi) is 5.16. The second-order valence-electron chi connectivity index (χ2n) is 1.95. The summed E-state index contributed by atoms with van der Waals surface area (Å²) in [5.41, 5.74) is 0. The molecule has 70 valence electrons. The van der Waals surface area contributed by atoms with Crippen LogP contribution in [0.15, 0.2) is 24.7 Å². The van der Waals surface area contributed by atoms with Gasteiger partial charge in [-0.1, -0.05) is 6.08 Å². The summed E-state index contributed by atoms with van der Waals surface area (Å²) in [6.45, 7) is 2.19. The van der Waals surface area contributed by atoms with Gasteiger partial charge in [-0.3, -0.25) is 0 Å². The van der Waals surface area contributed by atoms with Gasteiger partial charge in [0.1, 0.15) is 12.8 Å². The zero-order valence-corrected chi connectivity index (χ0v) is 6.20. The number of halogens is 4. The number of rotatable bonds is 5. The van der Waals surface area contributed by atoms with Gasteiger partial charge in [0.05, 0.1) is 0 Å². The van der Waals surface area contributed by atoms with Gasteiger partial charge >= 0.3 is 12.1 Å². The Bertz CT molecular complexity index is 174. The SMILES string of the molecule is C=CCC(CF)OC(F)=C(F)F. The fourth-order valence-corrected chi connectivity index (χ4v) is 0.519. The van der Waals surface area contributed by atoms with E-state index in [4.69, 9.17) is 0 Å². The van der Waals surface area contributed by atoms with Gasteiger partial charge in [-0.2, -0.15) is 13.2 Å². The second kappa shape index (κ2) is 5.62. The maximum absolute atomic E-state index is 12.0. The molecule has 0 amide bonds. The van der Waals surface area contributed by atoms with Crippen molar-refractivity contribution in [3.05, 3.63) is 24.7 Å². The molecular weight excluding hydrogens is 176 g/mol. The fraction of sp³-hybridized carbons (Fsp3) is 0.429. The third kappa shape index (κ3) is 4.00. The van der Waals surface area contributed by atoms with E-state index in [0.29, 0.717) is 0 Å². The topological polar surface area (TPSA) is 9.23 Å². The zero-order valence-electron chi connectivity index (χ0n) is 6.20. The highest BCUT2D eigenvalue weighted by molar-refractivity contribution is 4.84. The van der Waals surface area contributed by atoms with Crippen molar-refractivity contribution in [1.29, 1.82) is 0 Å². The molecule has 0 rings (SSSR count). The molecule has 0 aliphatic heterocycles. The van der Waals surface area contributed by atoms with E-state index in [-0.39, 0.29) is 6.42 Å². The van der Waals surface area contributed by atoms with Crippen molar-refractivity contribution < 1.29 is 22.3 Å². The smallest absolute Gasteiger partial charge is 0.342 e. The molecule has 1 unspecified atom stereocenters. The first kappa shape index (κ1) is 11.0. The van der Waals surface area contributed by atoms with Crippen LogP contribution in [0.4, 0.5) is 17.6 Å². The fourth-order valence-electron chi connectivity index (χ4n) is 0.519. The Morgan fingerprint density at radius 2 is 2.00 bits per heavy atom. The Hall–Kier alpha value is -1.00. The standard InChI is InChI=1S/C7H8F4O/c1-2-3-5(4-8)12-7(11)6(9)10/h2,5H,1,3-4H2. The van der Waals surface area contributed by atoms with Crippen molar-refractivity contribution in [2.24, 2.45) is 0 Å². The quantitative estimate of drug-likeness (QED) is 0.362. The second-order valence-corrected chi connectivity index (χ2v) is 1.95. The Balaban J connectivity index is 4.02. The van der Waals surface area contributed by atoms with E-state index >= 15 is 0 Å². The van der Waals surface area contributed by atoms with Crippen molar-refractivity contribution >= 4 is 0 Å². The van der Waals surface area contributed by atoms with E-state index in [1.165, 1.54) is 6.08 Å². The molecule has 12 heavy (non-hydrogen) atoms. The van der Waals surface area contributed by atoms with Crippen LogP contribution >= 0.6 is 0 Å². The molecule has 0 saturated heterocycles. The Labute approximate surface area is 67.3 Å². The monoisotopic (exact) mass is 184 g/mol. The van der Waals surface area contributed by atoms with Crippen molar-refractivity contribution in [1.82, 2.24) is 0 Å². The van der Waals surface area contributed by atoms with Gasteiger partial charge < -0.3 is 4.74 Å². The maximum Gasteiger partial charge on any atom is 0.342 e. The molecule has 0 bridgehead atoms. The summed E-state index contributed by atoms with van der Waals surface area (Å²) >= 11 is 0. The minimum absolute atomic E-state index is 0.0167. The largest absolute Gasteiger partial charge is 0.461 e. The van der Waals surface area contributed by atoms with Crippen LogP contribution in [0, 0.1) is 0 Å². The summed E-state index contributed by atoms with van der Waals surface area (Å²) in [5.74, 6) is 0. The zero-order chi connectivity index (χ0) is 9.56.